The van der Waals surface area contributed by atoms with Gasteiger partial charge in [-0.3, -0.25) is 0 Å². The largest absolute Gasteiger partial charge is 0.348 e. The Labute approximate surface area is 84.6 Å². The third kappa shape index (κ3) is 2.44. The Balaban J connectivity index is 2.74. The van der Waals surface area contributed by atoms with Crippen LogP contribution in [0.15, 0.2) is 11.6 Å². The summed E-state index contributed by atoms with van der Waals surface area (Å²) in [4.78, 5) is 6.54. The molecule has 1 rings (SSSR count). The van der Waals surface area contributed by atoms with Crippen molar-refractivity contribution in [2.24, 2.45) is 5.41 Å². The topological polar surface area (TPSA) is 16.1 Å². The van der Waals surface area contributed by atoms with E-state index in [0.29, 0.717) is 11.5 Å². The van der Waals surface area contributed by atoms with E-state index in [1.807, 2.05) is 11.6 Å². The molecule has 2 nitrogen and oxygen atoms in total. The molecule has 0 radical (unpaired) electrons. The molecule has 0 saturated heterocycles. The van der Waals surface area contributed by atoms with Gasteiger partial charge in [0.25, 0.3) is 0 Å². The van der Waals surface area contributed by atoms with Crippen LogP contribution in [0.4, 0.5) is 5.13 Å². The maximum Gasteiger partial charge on any atom is 0.185 e. The van der Waals surface area contributed by atoms with E-state index >= 15 is 0 Å². The van der Waals surface area contributed by atoms with Gasteiger partial charge in [-0.05, 0) is 12.3 Å². The summed E-state index contributed by atoms with van der Waals surface area (Å²) in [6, 6.07) is 0.499. The van der Waals surface area contributed by atoms with Crippen molar-refractivity contribution < 1.29 is 0 Å². The molecule has 0 aliphatic carbocycles. The Morgan fingerprint density at radius 1 is 1.46 bits per heavy atom. The average Bonchev–Trinajstić information content (AvgIpc) is 2.51. The van der Waals surface area contributed by atoms with Crippen LogP contribution in [0, 0.1) is 5.41 Å². The molecule has 0 aromatic carbocycles. The molecule has 0 amide bonds. The summed E-state index contributed by atoms with van der Waals surface area (Å²) in [6.07, 6.45) is 1.85. The summed E-state index contributed by atoms with van der Waals surface area (Å²) in [5, 5.41) is 3.11. The van der Waals surface area contributed by atoms with Crippen molar-refractivity contribution >= 4 is 16.5 Å². The highest BCUT2D eigenvalue weighted by Crippen LogP contribution is 2.27. The van der Waals surface area contributed by atoms with Crippen molar-refractivity contribution in [1.82, 2.24) is 4.98 Å². The van der Waals surface area contributed by atoms with Crippen molar-refractivity contribution in [3.05, 3.63) is 11.6 Å². The van der Waals surface area contributed by atoms with E-state index in [1.165, 1.54) is 0 Å². The molecule has 1 heterocycles. The van der Waals surface area contributed by atoms with Gasteiger partial charge in [0.2, 0.25) is 0 Å². The van der Waals surface area contributed by atoms with Crippen molar-refractivity contribution in [2.75, 3.05) is 11.9 Å². The summed E-state index contributed by atoms with van der Waals surface area (Å²) in [5.41, 5.74) is 0.292. The minimum Gasteiger partial charge on any atom is -0.348 e. The molecule has 0 fully saturated rings. The molecular formula is C10H18N2S. The van der Waals surface area contributed by atoms with E-state index in [2.05, 4.69) is 44.6 Å². The van der Waals surface area contributed by atoms with Gasteiger partial charge < -0.3 is 4.90 Å². The normalized spacial score (nSPS) is 14.2. The van der Waals surface area contributed by atoms with E-state index < -0.39 is 0 Å². The lowest BCUT2D eigenvalue weighted by Crippen LogP contribution is -2.39. The summed E-state index contributed by atoms with van der Waals surface area (Å²) in [5.74, 6) is 0. The van der Waals surface area contributed by atoms with Gasteiger partial charge in [0.1, 0.15) is 0 Å². The van der Waals surface area contributed by atoms with Gasteiger partial charge in [-0.2, -0.15) is 0 Å². The molecular weight excluding hydrogens is 180 g/mol. The highest BCUT2D eigenvalue weighted by Gasteiger charge is 2.24. The zero-order valence-corrected chi connectivity index (χ0v) is 9.85. The van der Waals surface area contributed by atoms with E-state index in [9.17, 15) is 0 Å². The number of nitrogens with zero attached hydrogens (tertiary/aromatic N) is 2. The lowest BCUT2D eigenvalue weighted by Gasteiger charge is -2.35. The first kappa shape index (κ1) is 10.5. The number of thiazole rings is 1. The molecule has 0 aliphatic rings. The van der Waals surface area contributed by atoms with Crippen LogP contribution in [0.3, 0.4) is 0 Å². The fourth-order valence-corrected chi connectivity index (χ4v) is 1.83. The van der Waals surface area contributed by atoms with E-state index in [0.717, 1.165) is 5.13 Å². The van der Waals surface area contributed by atoms with Gasteiger partial charge >= 0.3 is 0 Å². The second-order valence-corrected chi connectivity index (χ2v) is 5.34. The minimum absolute atomic E-state index is 0.292. The Morgan fingerprint density at radius 3 is 2.46 bits per heavy atom. The zero-order chi connectivity index (χ0) is 10.1. The van der Waals surface area contributed by atoms with Crippen LogP contribution in [0.1, 0.15) is 27.7 Å². The number of anilines is 1. The predicted molar refractivity (Wildman–Crippen MR) is 59.4 cm³/mol. The van der Waals surface area contributed by atoms with Crippen LogP contribution in [-0.4, -0.2) is 18.1 Å². The van der Waals surface area contributed by atoms with Crippen LogP contribution < -0.4 is 4.90 Å². The number of rotatable bonds is 2. The number of hydrogen-bond acceptors (Lipinski definition) is 3. The van der Waals surface area contributed by atoms with Crippen molar-refractivity contribution in [2.45, 2.75) is 33.7 Å². The van der Waals surface area contributed by atoms with E-state index in [-0.39, 0.29) is 0 Å². The minimum atomic E-state index is 0.292. The van der Waals surface area contributed by atoms with Gasteiger partial charge in [-0.1, -0.05) is 20.8 Å². The third-order valence-electron chi connectivity index (χ3n) is 2.56. The summed E-state index contributed by atoms with van der Waals surface area (Å²) >= 11 is 1.69. The summed E-state index contributed by atoms with van der Waals surface area (Å²) < 4.78 is 0. The smallest absolute Gasteiger partial charge is 0.185 e. The quantitative estimate of drug-likeness (QED) is 0.726. The Hall–Kier alpha value is -0.570. The van der Waals surface area contributed by atoms with Gasteiger partial charge in [0, 0.05) is 24.7 Å². The van der Waals surface area contributed by atoms with Gasteiger partial charge in [0.05, 0.1) is 0 Å². The van der Waals surface area contributed by atoms with E-state index in [1.54, 1.807) is 11.3 Å². The molecule has 0 aliphatic heterocycles. The van der Waals surface area contributed by atoms with Crippen LogP contribution in [0.5, 0.6) is 0 Å². The zero-order valence-electron chi connectivity index (χ0n) is 9.03. The molecule has 1 aromatic rings. The van der Waals surface area contributed by atoms with Crippen LogP contribution in [0.25, 0.3) is 0 Å². The second-order valence-electron chi connectivity index (χ2n) is 4.47. The fraction of sp³-hybridized carbons (Fsp3) is 0.700. The Bertz CT molecular complexity index is 248. The first-order chi connectivity index (χ1) is 5.93. The molecule has 74 valence electrons. The Morgan fingerprint density at radius 2 is 2.08 bits per heavy atom. The third-order valence-corrected chi connectivity index (χ3v) is 3.42. The molecule has 1 unspecified atom stereocenters. The molecule has 13 heavy (non-hydrogen) atoms. The monoisotopic (exact) mass is 198 g/mol. The molecule has 0 spiro atoms. The Kier molecular flexibility index (Phi) is 2.96. The summed E-state index contributed by atoms with van der Waals surface area (Å²) in [7, 11) is 2.11. The van der Waals surface area contributed by atoms with Crippen LogP contribution >= 0.6 is 11.3 Å². The van der Waals surface area contributed by atoms with Crippen LogP contribution in [0.2, 0.25) is 0 Å². The van der Waals surface area contributed by atoms with Crippen LogP contribution in [-0.2, 0) is 0 Å². The van der Waals surface area contributed by atoms with E-state index in [4.69, 9.17) is 0 Å². The van der Waals surface area contributed by atoms with Gasteiger partial charge in [0.15, 0.2) is 5.13 Å². The van der Waals surface area contributed by atoms with Crippen molar-refractivity contribution in [3.63, 3.8) is 0 Å². The molecule has 0 bridgehead atoms. The highest BCUT2D eigenvalue weighted by molar-refractivity contribution is 7.13. The lowest BCUT2D eigenvalue weighted by molar-refractivity contribution is 0.329. The SMILES string of the molecule is CC(N(C)c1nccs1)C(C)(C)C. The highest BCUT2D eigenvalue weighted by atomic mass is 32.1. The predicted octanol–water partition coefficient (Wildman–Crippen LogP) is 3.01. The standard InChI is InChI=1S/C10H18N2S/c1-8(10(2,3)4)12(5)9-11-6-7-13-9/h6-8H,1-5H3. The fourth-order valence-electron chi connectivity index (χ4n) is 1.14. The molecule has 1 atom stereocenters. The van der Waals surface area contributed by atoms with Crippen molar-refractivity contribution in [3.8, 4) is 0 Å². The molecule has 3 heteroatoms. The number of hydrogen-bond donors (Lipinski definition) is 0. The number of aromatic nitrogens is 1. The van der Waals surface area contributed by atoms with Crippen molar-refractivity contribution in [1.29, 1.82) is 0 Å². The molecule has 0 N–H and O–H groups in total. The summed E-state index contributed by atoms with van der Waals surface area (Å²) in [6.45, 7) is 8.99. The first-order valence-electron chi connectivity index (χ1n) is 4.55. The molecule has 1 aromatic heterocycles. The average molecular weight is 198 g/mol. The maximum absolute atomic E-state index is 4.30. The first-order valence-corrected chi connectivity index (χ1v) is 5.43. The van der Waals surface area contributed by atoms with Gasteiger partial charge in [-0.15, -0.1) is 11.3 Å². The molecule has 0 saturated carbocycles. The van der Waals surface area contributed by atoms with Gasteiger partial charge in [-0.25, -0.2) is 4.98 Å². The maximum atomic E-state index is 4.30. The second kappa shape index (κ2) is 3.66. The lowest BCUT2D eigenvalue weighted by atomic mass is 9.87.